The van der Waals surface area contributed by atoms with Crippen molar-refractivity contribution in [1.29, 1.82) is 0 Å². The summed E-state index contributed by atoms with van der Waals surface area (Å²) in [4.78, 5) is 27.2. The number of ether oxygens (including phenoxy) is 1. The maximum atomic E-state index is 12.9. The first-order valence-corrected chi connectivity index (χ1v) is 9.35. The molecule has 1 N–H and O–H groups in total. The molecular weight excluding hydrogens is 352 g/mol. The van der Waals surface area contributed by atoms with Gasteiger partial charge < -0.3 is 15.0 Å². The normalized spacial score (nSPS) is 10.5. The standard InChI is InChI=1S/C23H24N2O3/c1-4-25(5-2)23(27)16-9-8-10-17(15-16)24-22(26)20-13-14-21(28-3)19-12-7-6-11-18(19)20/h6-15H,4-5H2,1-3H3,(H,24,26). The van der Waals surface area contributed by atoms with E-state index in [1.807, 2.05) is 38.1 Å². The van der Waals surface area contributed by atoms with E-state index in [0.717, 1.165) is 16.5 Å². The fourth-order valence-corrected chi connectivity index (χ4v) is 3.27. The Kier molecular flexibility index (Phi) is 5.94. The fraction of sp³-hybridized carbons (Fsp3) is 0.217. The molecule has 0 saturated heterocycles. The molecule has 2 amide bonds. The molecule has 3 rings (SSSR count). The predicted octanol–water partition coefficient (Wildman–Crippen LogP) is 4.58. The van der Waals surface area contributed by atoms with Crippen molar-refractivity contribution < 1.29 is 14.3 Å². The lowest BCUT2D eigenvalue weighted by Crippen LogP contribution is -2.30. The van der Waals surface area contributed by atoms with Gasteiger partial charge in [-0.15, -0.1) is 0 Å². The van der Waals surface area contributed by atoms with Gasteiger partial charge >= 0.3 is 0 Å². The molecule has 5 heteroatoms. The number of methoxy groups -OCH3 is 1. The summed E-state index contributed by atoms with van der Waals surface area (Å²) >= 11 is 0. The van der Waals surface area contributed by atoms with E-state index >= 15 is 0 Å². The first kappa shape index (κ1) is 19.4. The van der Waals surface area contributed by atoms with Crippen molar-refractivity contribution in [3.63, 3.8) is 0 Å². The van der Waals surface area contributed by atoms with Gasteiger partial charge in [0.2, 0.25) is 0 Å². The van der Waals surface area contributed by atoms with Crippen molar-refractivity contribution in [1.82, 2.24) is 4.90 Å². The van der Waals surface area contributed by atoms with Crippen molar-refractivity contribution in [3.8, 4) is 5.75 Å². The Bertz CT molecular complexity index is 1010. The highest BCUT2D eigenvalue weighted by atomic mass is 16.5. The van der Waals surface area contributed by atoms with Crippen LogP contribution in [0.5, 0.6) is 5.75 Å². The molecule has 0 aliphatic rings. The van der Waals surface area contributed by atoms with Crippen LogP contribution in [0.3, 0.4) is 0 Å². The van der Waals surface area contributed by atoms with Gasteiger partial charge in [-0.05, 0) is 49.6 Å². The van der Waals surface area contributed by atoms with Crippen molar-refractivity contribution in [2.75, 3.05) is 25.5 Å². The van der Waals surface area contributed by atoms with Gasteiger partial charge in [-0.1, -0.05) is 30.3 Å². The summed E-state index contributed by atoms with van der Waals surface area (Å²) in [6.45, 7) is 5.18. The van der Waals surface area contributed by atoms with Gasteiger partial charge in [-0.2, -0.15) is 0 Å². The van der Waals surface area contributed by atoms with E-state index in [-0.39, 0.29) is 11.8 Å². The average molecular weight is 376 g/mol. The average Bonchev–Trinajstić information content (AvgIpc) is 2.73. The Hall–Kier alpha value is -3.34. The van der Waals surface area contributed by atoms with Crippen LogP contribution in [-0.4, -0.2) is 36.9 Å². The largest absolute Gasteiger partial charge is 0.496 e. The Balaban J connectivity index is 1.89. The molecule has 0 saturated carbocycles. The molecule has 5 nitrogen and oxygen atoms in total. The molecule has 0 aliphatic carbocycles. The molecular formula is C23H24N2O3. The van der Waals surface area contributed by atoms with E-state index in [2.05, 4.69) is 5.32 Å². The Morgan fingerprint density at radius 2 is 1.64 bits per heavy atom. The molecule has 0 radical (unpaired) electrons. The number of nitrogens with one attached hydrogen (secondary N) is 1. The smallest absolute Gasteiger partial charge is 0.256 e. The summed E-state index contributed by atoms with van der Waals surface area (Å²) in [7, 11) is 1.61. The molecule has 0 aliphatic heterocycles. The molecule has 0 spiro atoms. The summed E-state index contributed by atoms with van der Waals surface area (Å²) in [6, 6.07) is 18.2. The number of hydrogen-bond acceptors (Lipinski definition) is 3. The molecule has 0 unspecified atom stereocenters. The van der Waals surface area contributed by atoms with Gasteiger partial charge in [-0.25, -0.2) is 0 Å². The zero-order chi connectivity index (χ0) is 20.1. The van der Waals surface area contributed by atoms with Crippen molar-refractivity contribution >= 4 is 28.3 Å². The Morgan fingerprint density at radius 1 is 0.929 bits per heavy atom. The van der Waals surface area contributed by atoms with Crippen molar-refractivity contribution in [3.05, 3.63) is 71.8 Å². The van der Waals surface area contributed by atoms with E-state index in [1.54, 1.807) is 48.4 Å². The summed E-state index contributed by atoms with van der Waals surface area (Å²) in [5.74, 6) is 0.446. The van der Waals surface area contributed by atoms with Gasteiger partial charge in [0.05, 0.1) is 7.11 Å². The molecule has 3 aromatic rings. The molecule has 0 atom stereocenters. The van der Waals surface area contributed by atoms with E-state index in [4.69, 9.17) is 4.74 Å². The van der Waals surface area contributed by atoms with Gasteiger partial charge in [0, 0.05) is 35.3 Å². The summed E-state index contributed by atoms with van der Waals surface area (Å²) < 4.78 is 5.39. The third-order valence-electron chi connectivity index (χ3n) is 4.77. The number of carbonyl (C=O) groups is 2. The van der Waals surface area contributed by atoms with Gasteiger partial charge in [0.1, 0.15) is 5.75 Å². The van der Waals surface area contributed by atoms with Crippen LogP contribution in [0.2, 0.25) is 0 Å². The second kappa shape index (κ2) is 8.57. The summed E-state index contributed by atoms with van der Waals surface area (Å²) in [6.07, 6.45) is 0. The number of anilines is 1. The number of amides is 2. The predicted molar refractivity (Wildman–Crippen MR) is 112 cm³/mol. The Morgan fingerprint density at radius 3 is 2.32 bits per heavy atom. The van der Waals surface area contributed by atoms with Gasteiger partial charge in [-0.3, -0.25) is 9.59 Å². The number of nitrogens with zero attached hydrogens (tertiary/aromatic N) is 1. The third-order valence-corrected chi connectivity index (χ3v) is 4.77. The van der Waals surface area contributed by atoms with E-state index in [9.17, 15) is 9.59 Å². The lowest BCUT2D eigenvalue weighted by atomic mass is 10.0. The Labute approximate surface area is 164 Å². The minimum atomic E-state index is -0.230. The molecule has 3 aromatic carbocycles. The number of benzene rings is 3. The van der Waals surface area contributed by atoms with Crippen LogP contribution in [0.15, 0.2) is 60.7 Å². The quantitative estimate of drug-likeness (QED) is 0.685. The van der Waals surface area contributed by atoms with Gasteiger partial charge in [0.15, 0.2) is 0 Å². The van der Waals surface area contributed by atoms with Crippen LogP contribution < -0.4 is 10.1 Å². The minimum Gasteiger partial charge on any atom is -0.496 e. The van der Waals surface area contributed by atoms with Crippen LogP contribution >= 0.6 is 0 Å². The summed E-state index contributed by atoms with van der Waals surface area (Å²) in [5, 5.41) is 4.60. The monoisotopic (exact) mass is 376 g/mol. The zero-order valence-corrected chi connectivity index (χ0v) is 16.4. The van der Waals surface area contributed by atoms with Crippen LogP contribution in [-0.2, 0) is 0 Å². The number of rotatable bonds is 6. The van der Waals surface area contributed by atoms with Gasteiger partial charge in [0.25, 0.3) is 11.8 Å². The maximum absolute atomic E-state index is 12.9. The highest BCUT2D eigenvalue weighted by Crippen LogP contribution is 2.29. The topological polar surface area (TPSA) is 58.6 Å². The first-order valence-electron chi connectivity index (χ1n) is 9.35. The first-order chi connectivity index (χ1) is 13.6. The second-order valence-corrected chi connectivity index (χ2v) is 6.37. The van der Waals surface area contributed by atoms with Crippen LogP contribution in [0, 0.1) is 0 Å². The van der Waals surface area contributed by atoms with Crippen LogP contribution in [0.25, 0.3) is 10.8 Å². The minimum absolute atomic E-state index is 0.0454. The van der Waals surface area contributed by atoms with E-state index in [1.165, 1.54) is 0 Å². The van der Waals surface area contributed by atoms with E-state index in [0.29, 0.717) is 29.9 Å². The molecule has 0 fully saturated rings. The van der Waals surface area contributed by atoms with Crippen molar-refractivity contribution in [2.24, 2.45) is 0 Å². The molecule has 0 aromatic heterocycles. The number of carbonyl (C=O) groups excluding carboxylic acids is 2. The highest BCUT2D eigenvalue weighted by molar-refractivity contribution is 6.14. The van der Waals surface area contributed by atoms with Crippen LogP contribution in [0.4, 0.5) is 5.69 Å². The number of fused-ring (bicyclic) bond motifs is 1. The van der Waals surface area contributed by atoms with Crippen LogP contribution in [0.1, 0.15) is 34.6 Å². The molecule has 0 bridgehead atoms. The molecule has 28 heavy (non-hydrogen) atoms. The lowest BCUT2D eigenvalue weighted by molar-refractivity contribution is 0.0772. The molecule has 144 valence electrons. The van der Waals surface area contributed by atoms with Crippen molar-refractivity contribution in [2.45, 2.75) is 13.8 Å². The number of hydrogen-bond donors (Lipinski definition) is 1. The summed E-state index contributed by atoms with van der Waals surface area (Å²) in [5.41, 5.74) is 1.70. The van der Waals surface area contributed by atoms with E-state index < -0.39 is 0 Å². The fourth-order valence-electron chi connectivity index (χ4n) is 3.27. The lowest BCUT2D eigenvalue weighted by Gasteiger charge is -2.19. The SMILES string of the molecule is CCN(CC)C(=O)c1cccc(NC(=O)c2ccc(OC)c3ccccc23)c1. The third kappa shape index (κ3) is 3.83. The zero-order valence-electron chi connectivity index (χ0n) is 16.4. The second-order valence-electron chi connectivity index (χ2n) is 6.37. The molecule has 0 heterocycles. The highest BCUT2D eigenvalue weighted by Gasteiger charge is 2.15. The maximum Gasteiger partial charge on any atom is 0.256 e.